The van der Waals surface area contributed by atoms with Crippen LogP contribution in [0.2, 0.25) is 0 Å². The number of anilines is 1. The number of hydrogen-bond acceptors (Lipinski definition) is 4. The zero-order chi connectivity index (χ0) is 20.1. The van der Waals surface area contributed by atoms with E-state index < -0.39 is 0 Å². The molecule has 0 aliphatic carbocycles. The molecule has 3 amide bonds. The van der Waals surface area contributed by atoms with Crippen LogP contribution < -0.4 is 10.2 Å². The molecule has 0 saturated carbocycles. The van der Waals surface area contributed by atoms with E-state index in [1.54, 1.807) is 29.0 Å². The van der Waals surface area contributed by atoms with Crippen molar-refractivity contribution in [2.45, 2.75) is 25.4 Å². The summed E-state index contributed by atoms with van der Waals surface area (Å²) in [4.78, 5) is 30.3. The molecule has 28 heavy (non-hydrogen) atoms. The molecule has 2 heterocycles. The van der Waals surface area contributed by atoms with Crippen LogP contribution in [-0.2, 0) is 6.54 Å². The van der Waals surface area contributed by atoms with Crippen LogP contribution in [0.4, 0.5) is 10.5 Å². The Morgan fingerprint density at radius 3 is 2.36 bits per heavy atom. The first kappa shape index (κ1) is 19.8. The minimum absolute atomic E-state index is 0.0757. The van der Waals surface area contributed by atoms with Gasteiger partial charge in [0.25, 0.3) is 5.91 Å². The highest BCUT2D eigenvalue weighted by Crippen LogP contribution is 2.16. The Morgan fingerprint density at radius 1 is 1.11 bits per heavy atom. The third-order valence-corrected chi connectivity index (χ3v) is 5.06. The Kier molecular flexibility index (Phi) is 6.23. The lowest BCUT2D eigenvalue weighted by molar-refractivity contribution is 0.0674. The molecule has 1 aliphatic rings. The SMILES string of the molecule is CN(Cc1ccc(N(C)C)cc1)C(=O)NC1CCN(C(=O)c2ccco2)CC1. The molecular formula is C21H28N4O3. The van der Waals surface area contributed by atoms with Gasteiger partial charge in [0.2, 0.25) is 0 Å². The topological polar surface area (TPSA) is 69.0 Å². The molecule has 1 aromatic carbocycles. The lowest BCUT2D eigenvalue weighted by Crippen LogP contribution is -2.49. The van der Waals surface area contributed by atoms with E-state index in [9.17, 15) is 9.59 Å². The normalized spacial score (nSPS) is 14.6. The number of carbonyl (C=O) groups is 2. The highest BCUT2D eigenvalue weighted by Gasteiger charge is 2.26. The van der Waals surface area contributed by atoms with Gasteiger partial charge >= 0.3 is 6.03 Å². The van der Waals surface area contributed by atoms with Gasteiger partial charge in [-0.3, -0.25) is 4.79 Å². The van der Waals surface area contributed by atoms with Gasteiger partial charge in [0.05, 0.1) is 6.26 Å². The Bertz CT molecular complexity index is 778. The summed E-state index contributed by atoms with van der Waals surface area (Å²) in [6.07, 6.45) is 2.98. The number of likely N-dealkylation sites (tertiary alicyclic amines) is 1. The van der Waals surface area contributed by atoms with E-state index in [1.807, 2.05) is 43.3 Å². The molecule has 1 fully saturated rings. The van der Waals surface area contributed by atoms with Gasteiger partial charge in [-0.15, -0.1) is 0 Å². The van der Waals surface area contributed by atoms with Gasteiger partial charge in [-0.1, -0.05) is 12.1 Å². The molecule has 0 radical (unpaired) electrons. The maximum Gasteiger partial charge on any atom is 0.317 e. The molecule has 1 N–H and O–H groups in total. The zero-order valence-electron chi connectivity index (χ0n) is 16.7. The number of rotatable bonds is 5. The van der Waals surface area contributed by atoms with Crippen LogP contribution in [-0.4, -0.2) is 62.0 Å². The van der Waals surface area contributed by atoms with Crippen LogP contribution in [0.3, 0.4) is 0 Å². The molecule has 0 atom stereocenters. The van der Waals surface area contributed by atoms with Gasteiger partial charge in [0, 0.05) is 52.5 Å². The van der Waals surface area contributed by atoms with Crippen molar-refractivity contribution >= 4 is 17.6 Å². The number of nitrogens with one attached hydrogen (secondary N) is 1. The fraction of sp³-hybridized carbons (Fsp3) is 0.429. The van der Waals surface area contributed by atoms with Crippen molar-refractivity contribution in [3.05, 3.63) is 54.0 Å². The van der Waals surface area contributed by atoms with Gasteiger partial charge in [-0.25, -0.2) is 4.79 Å². The van der Waals surface area contributed by atoms with E-state index >= 15 is 0 Å². The summed E-state index contributed by atoms with van der Waals surface area (Å²) in [5, 5.41) is 3.08. The number of furan rings is 1. The van der Waals surface area contributed by atoms with E-state index in [-0.39, 0.29) is 18.0 Å². The molecule has 2 aromatic rings. The average Bonchev–Trinajstić information content (AvgIpc) is 3.23. The lowest BCUT2D eigenvalue weighted by Gasteiger charge is -2.32. The van der Waals surface area contributed by atoms with E-state index in [1.165, 1.54) is 6.26 Å². The molecule has 7 heteroatoms. The van der Waals surface area contributed by atoms with Crippen molar-refractivity contribution in [1.29, 1.82) is 0 Å². The molecule has 150 valence electrons. The Hall–Kier alpha value is -2.96. The van der Waals surface area contributed by atoms with Crippen molar-refractivity contribution < 1.29 is 14.0 Å². The summed E-state index contributed by atoms with van der Waals surface area (Å²) >= 11 is 0. The second-order valence-corrected chi connectivity index (χ2v) is 7.41. The Balaban J connectivity index is 1.45. The van der Waals surface area contributed by atoms with Crippen LogP contribution in [0.1, 0.15) is 29.0 Å². The quantitative estimate of drug-likeness (QED) is 0.861. The first-order valence-electron chi connectivity index (χ1n) is 9.54. The highest BCUT2D eigenvalue weighted by molar-refractivity contribution is 5.91. The Morgan fingerprint density at radius 2 is 1.79 bits per heavy atom. The Labute approximate surface area is 165 Å². The first-order chi connectivity index (χ1) is 13.4. The predicted molar refractivity (Wildman–Crippen MR) is 108 cm³/mol. The van der Waals surface area contributed by atoms with Crippen molar-refractivity contribution in [2.75, 3.05) is 39.1 Å². The van der Waals surface area contributed by atoms with E-state index in [0.717, 1.165) is 24.1 Å². The number of piperidine rings is 1. The van der Waals surface area contributed by atoms with Gasteiger partial charge in [-0.2, -0.15) is 0 Å². The number of carbonyl (C=O) groups excluding carboxylic acids is 2. The second-order valence-electron chi connectivity index (χ2n) is 7.41. The van der Waals surface area contributed by atoms with E-state index in [2.05, 4.69) is 5.32 Å². The van der Waals surface area contributed by atoms with Crippen LogP contribution in [0.25, 0.3) is 0 Å². The molecule has 0 spiro atoms. The van der Waals surface area contributed by atoms with Crippen LogP contribution in [0.15, 0.2) is 47.1 Å². The summed E-state index contributed by atoms with van der Waals surface area (Å²) in [7, 11) is 5.80. The van der Waals surface area contributed by atoms with Gasteiger partial charge in [-0.05, 0) is 42.7 Å². The zero-order valence-corrected chi connectivity index (χ0v) is 16.7. The number of hydrogen-bond donors (Lipinski definition) is 1. The van der Waals surface area contributed by atoms with Crippen LogP contribution >= 0.6 is 0 Å². The molecule has 1 aliphatic heterocycles. The molecule has 3 rings (SSSR count). The summed E-state index contributed by atoms with van der Waals surface area (Å²) in [6.45, 7) is 1.77. The molecule has 7 nitrogen and oxygen atoms in total. The average molecular weight is 384 g/mol. The molecule has 0 unspecified atom stereocenters. The number of urea groups is 1. The monoisotopic (exact) mass is 384 g/mol. The molecule has 1 aromatic heterocycles. The molecular weight excluding hydrogens is 356 g/mol. The van der Waals surface area contributed by atoms with Crippen LogP contribution in [0.5, 0.6) is 0 Å². The van der Waals surface area contributed by atoms with Gasteiger partial charge in [0.15, 0.2) is 5.76 Å². The summed E-state index contributed by atoms with van der Waals surface area (Å²) in [5.74, 6) is 0.274. The summed E-state index contributed by atoms with van der Waals surface area (Å²) < 4.78 is 5.18. The van der Waals surface area contributed by atoms with E-state index in [4.69, 9.17) is 4.42 Å². The van der Waals surface area contributed by atoms with Crippen molar-refractivity contribution in [2.24, 2.45) is 0 Å². The maximum absolute atomic E-state index is 12.5. The minimum atomic E-state index is -0.0903. The van der Waals surface area contributed by atoms with Crippen molar-refractivity contribution in [3.63, 3.8) is 0 Å². The number of benzene rings is 1. The third-order valence-electron chi connectivity index (χ3n) is 5.06. The van der Waals surface area contributed by atoms with Crippen molar-refractivity contribution in [3.8, 4) is 0 Å². The summed E-state index contributed by atoms with van der Waals surface area (Å²) in [6, 6.07) is 11.6. The standard InChI is InChI=1S/C21H28N4O3/c1-23(2)18-8-6-16(7-9-18)15-24(3)21(27)22-17-10-12-25(13-11-17)20(26)19-5-4-14-28-19/h4-9,14,17H,10-13,15H2,1-3H3,(H,22,27). The first-order valence-corrected chi connectivity index (χ1v) is 9.54. The highest BCUT2D eigenvalue weighted by atomic mass is 16.3. The minimum Gasteiger partial charge on any atom is -0.459 e. The second kappa shape index (κ2) is 8.82. The predicted octanol–water partition coefficient (Wildman–Crippen LogP) is 2.79. The largest absolute Gasteiger partial charge is 0.459 e. The number of nitrogens with zero attached hydrogens (tertiary/aromatic N) is 3. The fourth-order valence-corrected chi connectivity index (χ4v) is 3.31. The summed E-state index contributed by atoms with van der Waals surface area (Å²) in [5.41, 5.74) is 2.22. The number of amides is 3. The lowest BCUT2D eigenvalue weighted by atomic mass is 10.0. The van der Waals surface area contributed by atoms with Crippen LogP contribution in [0, 0.1) is 0 Å². The fourth-order valence-electron chi connectivity index (χ4n) is 3.31. The van der Waals surface area contributed by atoms with Crippen molar-refractivity contribution in [1.82, 2.24) is 15.1 Å². The third kappa shape index (κ3) is 4.85. The molecule has 0 bridgehead atoms. The van der Waals surface area contributed by atoms with Gasteiger partial charge < -0.3 is 24.4 Å². The molecule has 1 saturated heterocycles. The smallest absolute Gasteiger partial charge is 0.317 e. The van der Waals surface area contributed by atoms with Gasteiger partial charge in [0.1, 0.15) is 0 Å². The van der Waals surface area contributed by atoms with E-state index in [0.29, 0.717) is 25.4 Å². The maximum atomic E-state index is 12.5.